The first-order valence-corrected chi connectivity index (χ1v) is 10.5. The normalized spacial score (nSPS) is 11.8. The maximum absolute atomic E-state index is 6.32. The van der Waals surface area contributed by atoms with Crippen molar-refractivity contribution in [1.29, 1.82) is 0 Å². The predicted molar refractivity (Wildman–Crippen MR) is 127 cm³/mol. The molecule has 0 aliphatic rings. The van der Waals surface area contributed by atoms with E-state index in [9.17, 15) is 0 Å². The molecule has 0 saturated heterocycles. The van der Waals surface area contributed by atoms with E-state index >= 15 is 0 Å². The van der Waals surface area contributed by atoms with E-state index in [1.807, 2.05) is 54.6 Å². The molecule has 7 rings (SSSR count). The molecular weight excluding hydrogens is 396 g/mol. The Morgan fingerprint density at radius 1 is 0.625 bits per heavy atom. The van der Waals surface area contributed by atoms with Crippen LogP contribution < -0.4 is 0 Å². The molecule has 0 saturated carbocycles. The number of para-hydroxylation sites is 3. The number of furan rings is 1. The minimum absolute atomic E-state index is 0.607. The monoisotopic (exact) mass is 412 g/mol. The second kappa shape index (κ2) is 6.49. The van der Waals surface area contributed by atoms with Crippen molar-refractivity contribution in [3.05, 3.63) is 97.1 Å². The molecule has 0 N–H and O–H groups in total. The van der Waals surface area contributed by atoms with Gasteiger partial charge in [0.15, 0.2) is 5.82 Å². The highest BCUT2D eigenvalue weighted by Crippen LogP contribution is 2.38. The molecule has 5 nitrogen and oxygen atoms in total. The Balaban J connectivity index is 1.66. The summed E-state index contributed by atoms with van der Waals surface area (Å²) in [6.45, 7) is 0. The molecule has 3 aromatic heterocycles. The molecule has 3 heterocycles. The second-order valence-electron chi connectivity index (χ2n) is 7.78. The molecular formula is C27H16N4O. The van der Waals surface area contributed by atoms with Crippen LogP contribution in [0.15, 0.2) is 101 Å². The SMILES string of the molecule is c1ccc(-n2c(-c3cccc4c3oc3ccccc34)nc3nnc4ccccc4c32)cc1. The molecule has 0 atom stereocenters. The minimum Gasteiger partial charge on any atom is -0.455 e. The molecule has 0 fully saturated rings. The van der Waals surface area contributed by atoms with Crippen molar-refractivity contribution in [1.82, 2.24) is 19.7 Å². The number of aromatic nitrogens is 4. The van der Waals surface area contributed by atoms with E-state index in [1.165, 1.54) is 0 Å². The van der Waals surface area contributed by atoms with E-state index < -0.39 is 0 Å². The average molecular weight is 412 g/mol. The van der Waals surface area contributed by atoms with Crippen LogP contribution in [0.5, 0.6) is 0 Å². The van der Waals surface area contributed by atoms with Gasteiger partial charge in [0.25, 0.3) is 0 Å². The van der Waals surface area contributed by atoms with Crippen LogP contribution in [0.2, 0.25) is 0 Å². The van der Waals surface area contributed by atoms with Crippen LogP contribution in [0.1, 0.15) is 0 Å². The first-order chi connectivity index (χ1) is 15.9. The Labute approximate surface area is 182 Å². The topological polar surface area (TPSA) is 56.7 Å². The average Bonchev–Trinajstić information content (AvgIpc) is 3.43. The Hall–Kier alpha value is -4.51. The first-order valence-electron chi connectivity index (χ1n) is 10.5. The molecule has 0 spiro atoms. The molecule has 0 amide bonds. The van der Waals surface area contributed by atoms with Crippen LogP contribution >= 0.6 is 0 Å². The van der Waals surface area contributed by atoms with Gasteiger partial charge in [-0.25, -0.2) is 4.98 Å². The van der Waals surface area contributed by atoms with Crippen LogP contribution in [-0.2, 0) is 0 Å². The maximum atomic E-state index is 6.32. The van der Waals surface area contributed by atoms with Gasteiger partial charge in [-0.05, 0) is 30.3 Å². The quantitative estimate of drug-likeness (QED) is 0.324. The van der Waals surface area contributed by atoms with Gasteiger partial charge in [0, 0.05) is 21.8 Å². The van der Waals surface area contributed by atoms with Gasteiger partial charge < -0.3 is 4.42 Å². The van der Waals surface area contributed by atoms with E-state index in [1.54, 1.807) is 0 Å². The van der Waals surface area contributed by atoms with Crippen molar-refractivity contribution >= 4 is 44.0 Å². The summed E-state index contributed by atoms with van der Waals surface area (Å²) in [7, 11) is 0. The van der Waals surface area contributed by atoms with Crippen LogP contribution in [0.4, 0.5) is 0 Å². The van der Waals surface area contributed by atoms with Crippen LogP contribution in [0.3, 0.4) is 0 Å². The zero-order chi connectivity index (χ0) is 21.1. The summed E-state index contributed by atoms with van der Waals surface area (Å²) in [5, 5.41) is 12.0. The Bertz CT molecular complexity index is 1780. The number of hydrogen-bond donors (Lipinski definition) is 0. The molecule has 150 valence electrons. The molecule has 0 aliphatic carbocycles. The van der Waals surface area contributed by atoms with Crippen molar-refractivity contribution in [2.75, 3.05) is 0 Å². The van der Waals surface area contributed by atoms with E-state index in [0.29, 0.717) is 5.65 Å². The van der Waals surface area contributed by atoms with E-state index in [0.717, 1.165) is 55.4 Å². The van der Waals surface area contributed by atoms with E-state index in [4.69, 9.17) is 9.40 Å². The minimum atomic E-state index is 0.607. The summed E-state index contributed by atoms with van der Waals surface area (Å²) in [6.07, 6.45) is 0. The highest BCUT2D eigenvalue weighted by Gasteiger charge is 2.21. The van der Waals surface area contributed by atoms with Gasteiger partial charge in [-0.15, -0.1) is 10.2 Å². The molecule has 5 heteroatoms. The van der Waals surface area contributed by atoms with Crippen LogP contribution in [-0.4, -0.2) is 19.7 Å². The van der Waals surface area contributed by atoms with E-state index in [-0.39, 0.29) is 0 Å². The summed E-state index contributed by atoms with van der Waals surface area (Å²) in [5.74, 6) is 0.779. The van der Waals surface area contributed by atoms with Gasteiger partial charge in [-0.2, -0.15) is 0 Å². The van der Waals surface area contributed by atoms with Gasteiger partial charge in [0.05, 0.1) is 11.1 Å². The second-order valence-corrected chi connectivity index (χ2v) is 7.78. The smallest absolute Gasteiger partial charge is 0.201 e. The van der Waals surface area contributed by atoms with Crippen molar-refractivity contribution in [2.45, 2.75) is 0 Å². The van der Waals surface area contributed by atoms with Crippen LogP contribution in [0.25, 0.3) is 61.1 Å². The predicted octanol–water partition coefficient (Wildman–Crippen LogP) is 6.54. The molecule has 32 heavy (non-hydrogen) atoms. The first kappa shape index (κ1) is 17.2. The van der Waals surface area contributed by atoms with Crippen LogP contribution in [0, 0.1) is 0 Å². The third-order valence-corrected chi connectivity index (χ3v) is 5.93. The van der Waals surface area contributed by atoms with E-state index in [2.05, 4.69) is 57.2 Å². The van der Waals surface area contributed by atoms with Gasteiger partial charge in [0.2, 0.25) is 5.65 Å². The fourth-order valence-electron chi connectivity index (χ4n) is 4.51. The molecule has 7 aromatic rings. The zero-order valence-electron chi connectivity index (χ0n) is 16.9. The van der Waals surface area contributed by atoms with Gasteiger partial charge in [-0.1, -0.05) is 66.7 Å². The number of nitrogens with zero attached hydrogens (tertiary/aromatic N) is 4. The Morgan fingerprint density at radius 3 is 2.28 bits per heavy atom. The maximum Gasteiger partial charge on any atom is 0.201 e. The lowest BCUT2D eigenvalue weighted by atomic mass is 10.1. The fraction of sp³-hybridized carbons (Fsp3) is 0. The zero-order valence-corrected chi connectivity index (χ0v) is 16.9. The summed E-state index contributed by atoms with van der Waals surface area (Å²) >= 11 is 0. The molecule has 0 bridgehead atoms. The third kappa shape index (κ3) is 2.36. The molecule has 0 unspecified atom stereocenters. The Morgan fingerprint density at radius 2 is 1.38 bits per heavy atom. The number of benzene rings is 4. The van der Waals surface area contributed by atoms with Crippen molar-refractivity contribution in [2.24, 2.45) is 0 Å². The lowest BCUT2D eigenvalue weighted by molar-refractivity contribution is 0.669. The summed E-state index contributed by atoms with van der Waals surface area (Å²) < 4.78 is 8.48. The summed E-state index contributed by atoms with van der Waals surface area (Å²) in [6, 6.07) is 32.6. The number of fused-ring (bicyclic) bond motifs is 6. The van der Waals surface area contributed by atoms with Crippen molar-refractivity contribution in [3.8, 4) is 17.1 Å². The number of hydrogen-bond acceptors (Lipinski definition) is 4. The van der Waals surface area contributed by atoms with Gasteiger partial charge >= 0.3 is 0 Å². The summed E-state index contributed by atoms with van der Waals surface area (Å²) in [4.78, 5) is 4.96. The lowest BCUT2D eigenvalue weighted by Crippen LogP contribution is -1.98. The largest absolute Gasteiger partial charge is 0.455 e. The molecule has 0 aliphatic heterocycles. The number of imidazole rings is 1. The number of rotatable bonds is 2. The standard InChI is InChI=1S/C27H16N4O/c1-2-9-17(10-3-1)31-24-20-12-4-6-15-22(20)29-30-26(24)28-27(31)21-14-8-13-19-18-11-5-7-16-23(18)32-25(19)21/h1-16H. The third-order valence-electron chi connectivity index (χ3n) is 5.93. The lowest BCUT2D eigenvalue weighted by Gasteiger charge is -2.10. The molecule has 4 aromatic carbocycles. The summed E-state index contributed by atoms with van der Waals surface area (Å²) in [5.41, 5.74) is 5.99. The Kier molecular flexibility index (Phi) is 3.49. The highest BCUT2D eigenvalue weighted by molar-refractivity contribution is 6.10. The van der Waals surface area contributed by atoms with Gasteiger partial charge in [-0.3, -0.25) is 4.57 Å². The van der Waals surface area contributed by atoms with Gasteiger partial charge in [0.1, 0.15) is 16.7 Å². The fourth-order valence-corrected chi connectivity index (χ4v) is 4.51. The highest BCUT2D eigenvalue weighted by atomic mass is 16.3. The van der Waals surface area contributed by atoms with Crippen molar-refractivity contribution < 1.29 is 4.42 Å². The van der Waals surface area contributed by atoms with Crippen molar-refractivity contribution in [3.63, 3.8) is 0 Å². The molecule has 0 radical (unpaired) electrons.